The molecule has 0 amide bonds. The maximum Gasteiger partial charge on any atom is 0.164 e. The molecule has 143 heavy (non-hydrogen) atoms. The Kier molecular flexibility index (Phi) is 21.0. The molecule has 6 heterocycles. The second kappa shape index (κ2) is 35.7. The maximum atomic E-state index is 5.17. The minimum Gasteiger partial charge on any atom is -0.208 e. The molecule has 0 aliphatic heterocycles. The zero-order valence-corrected chi connectivity index (χ0v) is 79.3. The molecule has 0 N–H and O–H groups in total. The highest BCUT2D eigenvalue weighted by Gasteiger charge is 2.23. The standard InChI is InChI=1S/2C45H27N3S.C41H25N3S/c1-3-11-30-23-34(19-17-28(30)9-1)43-46-44(35-20-18-29-10-2-4-12-31(29)24-35)48-45(47-43)36-25-32-13-5-6-14-37(32)40(26-36)33-21-22-39-38-15-7-8-16-41(38)49-42(39)27-33;1-3-10-30-24-34(18-16-28(30)8-1)43-46-44(35-19-17-29-9-2-4-11-31(29)25-35)48-45(47-43)36-20-22-38-32(26-36)12-7-14-37(38)33-21-23-42-40(27-33)39-13-5-6-15-41(39)49-42;1-2-10-27(11-3-1)39-42-40(31-18-17-26-9-4-5-12-28(26)23-31)44-41(43-39)32-19-21-34-29(24-32)13-8-15-33(34)30-20-22-38-36(25-30)35-14-6-7-16-37(35)45-38/h2*1-27H;1-25H. The van der Waals surface area contributed by atoms with Crippen molar-refractivity contribution in [2.45, 2.75) is 0 Å². The molecular formula is C131H79N9S3. The van der Waals surface area contributed by atoms with Gasteiger partial charge in [-0.05, 0) is 223 Å². The van der Waals surface area contributed by atoms with Gasteiger partial charge in [0.2, 0.25) is 0 Å². The second-order valence-corrected chi connectivity index (χ2v) is 39.5. The molecule has 0 aliphatic rings. The van der Waals surface area contributed by atoms with Crippen molar-refractivity contribution in [1.82, 2.24) is 44.9 Å². The SMILES string of the molecule is c1ccc(-c2nc(-c3ccc4ccccc4c3)nc(-c3ccc4c(-c5ccc6sc7ccccc7c6c5)cccc4c3)n2)cc1.c1ccc2cc(-c3nc(-c4ccc5ccccc5c4)nc(-c4cc(-c5ccc6c(c5)sc5ccccc56)c5ccccc5c4)n3)ccc2c1.c1ccc2cc(-c3nc(-c4ccc5ccccc5c4)nc(-c4ccc5c(-c6ccc7sc8ccccc8c7c6)cccc5c4)n3)ccc2c1. The Morgan fingerprint density at radius 1 is 0.105 bits per heavy atom. The summed E-state index contributed by atoms with van der Waals surface area (Å²) in [7, 11) is 0. The highest BCUT2D eigenvalue weighted by Crippen LogP contribution is 2.46. The summed E-state index contributed by atoms with van der Waals surface area (Å²) in [4.78, 5) is 45.6. The van der Waals surface area contributed by atoms with Crippen LogP contribution in [0.1, 0.15) is 0 Å². The van der Waals surface area contributed by atoms with E-state index in [1.165, 1.54) is 131 Å². The number of nitrogens with zero attached hydrogens (tertiary/aromatic N) is 9. The average molecular weight is 1880 g/mol. The van der Waals surface area contributed by atoms with Gasteiger partial charge in [0, 0.05) is 111 Å². The van der Waals surface area contributed by atoms with E-state index >= 15 is 0 Å². The molecule has 0 spiro atoms. The van der Waals surface area contributed by atoms with Crippen LogP contribution >= 0.6 is 34.0 Å². The Balaban J connectivity index is 0.000000107. The van der Waals surface area contributed by atoms with Gasteiger partial charge in [-0.15, -0.1) is 34.0 Å². The van der Waals surface area contributed by atoms with Gasteiger partial charge in [0.25, 0.3) is 0 Å². The van der Waals surface area contributed by atoms with Crippen molar-refractivity contribution in [1.29, 1.82) is 0 Å². The highest BCUT2D eigenvalue weighted by molar-refractivity contribution is 7.26. The van der Waals surface area contributed by atoms with Crippen molar-refractivity contribution in [3.63, 3.8) is 0 Å². The number of hydrogen-bond donors (Lipinski definition) is 0. The summed E-state index contributed by atoms with van der Waals surface area (Å²) < 4.78 is 7.86. The van der Waals surface area contributed by atoms with Crippen LogP contribution in [0, 0.1) is 0 Å². The number of aromatic nitrogens is 9. The predicted octanol–water partition coefficient (Wildman–Crippen LogP) is 35.9. The lowest BCUT2D eigenvalue weighted by Crippen LogP contribution is -2.00. The smallest absolute Gasteiger partial charge is 0.164 e. The topological polar surface area (TPSA) is 116 Å². The number of hydrogen-bond acceptors (Lipinski definition) is 12. The highest BCUT2D eigenvalue weighted by atomic mass is 32.1. The molecule has 0 saturated heterocycles. The van der Waals surface area contributed by atoms with Crippen LogP contribution in [0.2, 0.25) is 0 Å². The van der Waals surface area contributed by atoms with E-state index in [1.54, 1.807) is 0 Å². The molecule has 12 heteroatoms. The molecule has 23 aromatic carbocycles. The molecule has 29 aromatic rings. The molecule has 0 saturated carbocycles. The fraction of sp³-hybridized carbons (Fsp3) is 0. The first kappa shape index (κ1) is 84.1. The Labute approximate surface area is 834 Å². The van der Waals surface area contributed by atoms with Crippen LogP contribution in [0.4, 0.5) is 0 Å². The van der Waals surface area contributed by atoms with Crippen LogP contribution in [0.15, 0.2) is 479 Å². The molecule has 666 valence electrons. The third-order valence-corrected chi connectivity index (χ3v) is 30.9. The van der Waals surface area contributed by atoms with Gasteiger partial charge in [0.1, 0.15) is 0 Å². The van der Waals surface area contributed by atoms with Crippen LogP contribution in [0.5, 0.6) is 0 Å². The van der Waals surface area contributed by atoms with Crippen molar-refractivity contribution < 1.29 is 0 Å². The zero-order valence-electron chi connectivity index (χ0n) is 76.9. The largest absolute Gasteiger partial charge is 0.208 e. The molecular weight excluding hydrogens is 1800 g/mol. The summed E-state index contributed by atoms with van der Waals surface area (Å²) in [6.07, 6.45) is 0. The molecule has 0 radical (unpaired) electrons. The van der Waals surface area contributed by atoms with Gasteiger partial charge >= 0.3 is 0 Å². The van der Waals surface area contributed by atoms with E-state index in [0.29, 0.717) is 52.4 Å². The van der Waals surface area contributed by atoms with Gasteiger partial charge in [0.15, 0.2) is 52.4 Å². The van der Waals surface area contributed by atoms with Crippen LogP contribution < -0.4 is 0 Å². The molecule has 29 rings (SSSR count). The first-order valence-corrected chi connectivity index (χ1v) is 50.3. The first-order chi connectivity index (χ1) is 70.7. The van der Waals surface area contributed by atoms with Crippen molar-refractivity contribution >= 4 is 181 Å². The summed E-state index contributed by atoms with van der Waals surface area (Å²) in [5.41, 5.74) is 15.8. The van der Waals surface area contributed by atoms with Crippen molar-refractivity contribution in [3.05, 3.63) is 479 Å². The van der Waals surface area contributed by atoms with E-state index < -0.39 is 0 Å². The molecule has 6 aromatic heterocycles. The van der Waals surface area contributed by atoms with Crippen molar-refractivity contribution in [3.8, 4) is 136 Å². The Morgan fingerprint density at radius 3 is 0.713 bits per heavy atom. The minimum atomic E-state index is 0.649. The predicted molar refractivity (Wildman–Crippen MR) is 603 cm³/mol. The Morgan fingerprint density at radius 2 is 0.336 bits per heavy atom. The maximum absolute atomic E-state index is 5.17. The monoisotopic (exact) mass is 1870 g/mol. The normalized spacial score (nSPS) is 11.6. The summed E-state index contributed by atoms with van der Waals surface area (Å²) >= 11 is 5.54. The van der Waals surface area contributed by atoms with E-state index in [-0.39, 0.29) is 0 Å². The van der Waals surface area contributed by atoms with Crippen LogP contribution in [0.25, 0.3) is 283 Å². The second-order valence-electron chi connectivity index (χ2n) is 36.2. The van der Waals surface area contributed by atoms with Crippen LogP contribution in [-0.2, 0) is 0 Å². The average Bonchev–Trinajstić information content (AvgIpc) is 1.19. The van der Waals surface area contributed by atoms with Crippen molar-refractivity contribution in [2.24, 2.45) is 0 Å². The quantitative estimate of drug-likeness (QED) is 0.118. The summed E-state index contributed by atoms with van der Waals surface area (Å²) in [6.45, 7) is 0. The lowest BCUT2D eigenvalue weighted by Gasteiger charge is -2.13. The molecule has 0 aliphatic carbocycles. The molecule has 9 nitrogen and oxygen atoms in total. The fourth-order valence-corrected chi connectivity index (χ4v) is 23.5. The van der Waals surface area contributed by atoms with E-state index in [0.717, 1.165) is 98.7 Å². The molecule has 0 atom stereocenters. The number of rotatable bonds is 12. The Bertz CT molecular complexity index is 10000. The number of benzene rings is 23. The van der Waals surface area contributed by atoms with Gasteiger partial charge in [-0.25, -0.2) is 44.9 Å². The van der Waals surface area contributed by atoms with Gasteiger partial charge in [0.05, 0.1) is 0 Å². The van der Waals surface area contributed by atoms with Gasteiger partial charge < -0.3 is 0 Å². The van der Waals surface area contributed by atoms with E-state index in [1.807, 2.05) is 64.3 Å². The van der Waals surface area contributed by atoms with Crippen molar-refractivity contribution in [2.75, 3.05) is 0 Å². The fourth-order valence-electron chi connectivity index (χ4n) is 20.2. The van der Waals surface area contributed by atoms with Gasteiger partial charge in [-0.1, -0.05) is 376 Å². The number of fused-ring (bicyclic) bond motifs is 17. The Hall–Kier alpha value is -18.2. The zero-order chi connectivity index (χ0) is 94.4. The molecule has 0 unspecified atom stereocenters. The van der Waals surface area contributed by atoms with Crippen LogP contribution in [-0.4, -0.2) is 44.9 Å². The van der Waals surface area contributed by atoms with E-state index in [2.05, 4.69) is 449 Å². The first-order valence-electron chi connectivity index (χ1n) is 47.9. The minimum absolute atomic E-state index is 0.649. The third-order valence-electron chi connectivity index (χ3n) is 27.4. The van der Waals surface area contributed by atoms with Gasteiger partial charge in [-0.3, -0.25) is 0 Å². The summed E-state index contributed by atoms with van der Waals surface area (Å²) in [6, 6.07) is 170. The lowest BCUT2D eigenvalue weighted by atomic mass is 9.94. The lowest BCUT2D eigenvalue weighted by molar-refractivity contribution is 1.07. The van der Waals surface area contributed by atoms with Gasteiger partial charge in [-0.2, -0.15) is 0 Å². The summed E-state index contributed by atoms with van der Waals surface area (Å²) in [5, 5.41) is 26.6. The summed E-state index contributed by atoms with van der Waals surface area (Å²) in [5.74, 6) is 5.90. The molecule has 0 bridgehead atoms. The number of thiophene rings is 3. The molecule has 0 fully saturated rings. The van der Waals surface area contributed by atoms with E-state index in [9.17, 15) is 0 Å². The third kappa shape index (κ3) is 16.0. The van der Waals surface area contributed by atoms with Crippen LogP contribution in [0.3, 0.4) is 0 Å². The van der Waals surface area contributed by atoms with E-state index in [4.69, 9.17) is 44.9 Å².